The Balaban J connectivity index is 1.84. The van der Waals surface area contributed by atoms with Crippen molar-refractivity contribution in [3.8, 4) is 0 Å². The lowest BCUT2D eigenvalue weighted by molar-refractivity contribution is -0.149. The number of hydrogen-bond donors (Lipinski definition) is 6. The lowest BCUT2D eigenvalue weighted by atomic mass is 9.99. The molecule has 4 atom stereocenters. The lowest BCUT2D eigenvalue weighted by Gasteiger charge is -2.29. The van der Waals surface area contributed by atoms with Gasteiger partial charge in [0.2, 0.25) is 17.7 Å². The van der Waals surface area contributed by atoms with E-state index in [1.165, 1.54) is 4.90 Å². The van der Waals surface area contributed by atoms with E-state index in [4.69, 9.17) is 10.8 Å². The van der Waals surface area contributed by atoms with Crippen LogP contribution in [0.4, 0.5) is 0 Å². The van der Waals surface area contributed by atoms with Gasteiger partial charge in [0.1, 0.15) is 18.1 Å². The van der Waals surface area contributed by atoms with Crippen molar-refractivity contribution in [2.75, 3.05) is 6.54 Å². The third-order valence-corrected chi connectivity index (χ3v) is 6.88. The molecule has 1 fully saturated rings. The third kappa shape index (κ3) is 7.79. The summed E-state index contributed by atoms with van der Waals surface area (Å²) in [4.78, 5) is 66.8. The molecule has 4 unspecified atom stereocenters. The summed E-state index contributed by atoms with van der Waals surface area (Å²) in [5, 5.41) is 24.7. The fourth-order valence-electron chi connectivity index (χ4n) is 4.87. The number of aromatic amines is 1. The van der Waals surface area contributed by atoms with Crippen molar-refractivity contribution in [1.82, 2.24) is 20.5 Å². The number of amides is 3. The minimum Gasteiger partial charge on any atom is -0.481 e. The van der Waals surface area contributed by atoms with E-state index in [9.17, 15) is 29.1 Å². The highest BCUT2D eigenvalue weighted by molar-refractivity contribution is 5.95. The Morgan fingerprint density at radius 3 is 2.44 bits per heavy atom. The number of likely N-dealkylation sites (tertiary alicyclic amines) is 1. The maximum absolute atomic E-state index is 13.6. The van der Waals surface area contributed by atoms with Gasteiger partial charge < -0.3 is 36.5 Å². The maximum Gasteiger partial charge on any atom is 0.326 e. The van der Waals surface area contributed by atoms with Gasteiger partial charge >= 0.3 is 11.9 Å². The first-order valence-corrected chi connectivity index (χ1v) is 13.1. The quantitative estimate of drug-likeness (QED) is 0.215. The van der Waals surface area contributed by atoms with Gasteiger partial charge in [0.15, 0.2) is 0 Å². The number of rotatable bonds is 13. The van der Waals surface area contributed by atoms with Crippen LogP contribution in [0.5, 0.6) is 0 Å². The Labute approximate surface area is 226 Å². The van der Waals surface area contributed by atoms with Gasteiger partial charge in [-0.15, -0.1) is 0 Å². The summed E-state index contributed by atoms with van der Waals surface area (Å²) in [7, 11) is 0. The van der Waals surface area contributed by atoms with Crippen molar-refractivity contribution in [3.63, 3.8) is 0 Å². The number of nitrogens with zero attached hydrogens (tertiary/aromatic N) is 1. The molecule has 0 aliphatic carbocycles. The average molecular weight is 544 g/mol. The number of carbonyl (C=O) groups is 5. The van der Waals surface area contributed by atoms with E-state index in [0.29, 0.717) is 12.8 Å². The predicted octanol–water partition coefficient (Wildman–Crippen LogP) is 0.994. The van der Waals surface area contributed by atoms with E-state index in [-0.39, 0.29) is 38.1 Å². The van der Waals surface area contributed by atoms with Gasteiger partial charge in [0, 0.05) is 36.5 Å². The first-order chi connectivity index (χ1) is 18.5. The molecular weight excluding hydrogens is 506 g/mol. The van der Waals surface area contributed by atoms with Gasteiger partial charge in [-0.1, -0.05) is 32.0 Å². The van der Waals surface area contributed by atoms with Crippen LogP contribution in [0.25, 0.3) is 10.9 Å². The smallest absolute Gasteiger partial charge is 0.326 e. The number of para-hydroxylation sites is 1. The van der Waals surface area contributed by atoms with E-state index < -0.39 is 53.8 Å². The first kappa shape index (κ1) is 29.6. The van der Waals surface area contributed by atoms with Crippen molar-refractivity contribution < 1.29 is 34.2 Å². The highest BCUT2D eigenvalue weighted by Crippen LogP contribution is 2.22. The molecule has 1 aliphatic rings. The standard InChI is InChI=1S/C27H37N5O7/c1-15(2)12-21(26(37)32-11-5-8-22(32)27(38)39)31-25(36)20(30-24(35)18(28)9-10-23(33)34)13-16-14-29-19-7-4-3-6-17(16)19/h3-4,6-7,14-15,18,20-22,29H,5,8-13,28H2,1-2H3,(H,30,35)(H,31,36)(H,33,34)(H,38,39). The molecule has 1 aliphatic heterocycles. The summed E-state index contributed by atoms with van der Waals surface area (Å²) in [6, 6.07) is 3.26. The Kier molecular flexibility index (Phi) is 10.0. The van der Waals surface area contributed by atoms with Gasteiger partial charge in [0.05, 0.1) is 6.04 Å². The second-order valence-electron chi connectivity index (χ2n) is 10.4. The van der Waals surface area contributed by atoms with Crippen molar-refractivity contribution >= 4 is 40.6 Å². The van der Waals surface area contributed by atoms with Crippen LogP contribution in [0.15, 0.2) is 30.5 Å². The van der Waals surface area contributed by atoms with Crippen LogP contribution in [0.3, 0.4) is 0 Å². The second kappa shape index (κ2) is 13.2. The molecule has 0 spiro atoms. The zero-order valence-corrected chi connectivity index (χ0v) is 22.2. The molecule has 3 amide bonds. The predicted molar refractivity (Wildman–Crippen MR) is 143 cm³/mol. The van der Waals surface area contributed by atoms with Crippen LogP contribution in [-0.4, -0.2) is 80.5 Å². The minimum atomic E-state index is -1.15. The number of H-pyrrole nitrogens is 1. The van der Waals surface area contributed by atoms with Crippen LogP contribution in [0.2, 0.25) is 0 Å². The second-order valence-corrected chi connectivity index (χ2v) is 10.4. The number of hydrogen-bond acceptors (Lipinski definition) is 6. The molecule has 0 radical (unpaired) electrons. The summed E-state index contributed by atoms with van der Waals surface area (Å²) in [6.45, 7) is 4.06. The third-order valence-electron chi connectivity index (χ3n) is 6.88. The largest absolute Gasteiger partial charge is 0.481 e. The molecule has 1 aromatic carbocycles. The van der Waals surface area contributed by atoms with Gasteiger partial charge in [-0.3, -0.25) is 19.2 Å². The van der Waals surface area contributed by atoms with E-state index in [0.717, 1.165) is 16.5 Å². The topological polar surface area (TPSA) is 195 Å². The molecule has 7 N–H and O–H groups in total. The van der Waals surface area contributed by atoms with Crippen LogP contribution >= 0.6 is 0 Å². The number of carboxylic acids is 2. The number of aliphatic carboxylic acids is 2. The summed E-state index contributed by atoms with van der Waals surface area (Å²) >= 11 is 0. The van der Waals surface area contributed by atoms with Crippen LogP contribution < -0.4 is 16.4 Å². The Hall–Kier alpha value is -3.93. The zero-order chi connectivity index (χ0) is 28.7. The number of nitrogens with two attached hydrogens (primary N) is 1. The summed E-state index contributed by atoms with van der Waals surface area (Å²) < 4.78 is 0. The SMILES string of the molecule is CC(C)CC(NC(=O)C(Cc1c[nH]c2ccccc12)NC(=O)C(N)CCC(=O)O)C(=O)N1CCCC1C(=O)O. The fraction of sp³-hybridized carbons (Fsp3) is 0.519. The van der Waals surface area contributed by atoms with Crippen LogP contribution in [0.1, 0.15) is 51.5 Å². The molecule has 3 rings (SSSR count). The fourth-order valence-corrected chi connectivity index (χ4v) is 4.87. The van der Waals surface area contributed by atoms with E-state index in [1.54, 1.807) is 6.20 Å². The van der Waals surface area contributed by atoms with E-state index in [2.05, 4.69) is 15.6 Å². The average Bonchev–Trinajstić information content (AvgIpc) is 3.53. The van der Waals surface area contributed by atoms with Gasteiger partial charge in [-0.25, -0.2) is 4.79 Å². The van der Waals surface area contributed by atoms with Crippen molar-refractivity contribution in [2.24, 2.45) is 11.7 Å². The number of carbonyl (C=O) groups excluding carboxylic acids is 3. The number of aromatic nitrogens is 1. The van der Waals surface area contributed by atoms with Crippen LogP contribution in [0, 0.1) is 5.92 Å². The molecule has 1 aromatic heterocycles. The molecule has 2 aromatic rings. The molecule has 39 heavy (non-hydrogen) atoms. The van der Waals surface area contributed by atoms with Gasteiger partial charge in [0.25, 0.3) is 0 Å². The normalized spacial score (nSPS) is 17.5. The Morgan fingerprint density at radius 2 is 1.77 bits per heavy atom. The molecule has 12 heteroatoms. The Morgan fingerprint density at radius 1 is 1.08 bits per heavy atom. The zero-order valence-electron chi connectivity index (χ0n) is 22.2. The summed E-state index contributed by atoms with van der Waals surface area (Å²) in [5.41, 5.74) is 7.49. The monoisotopic (exact) mass is 543 g/mol. The first-order valence-electron chi connectivity index (χ1n) is 13.1. The van der Waals surface area contributed by atoms with E-state index in [1.807, 2.05) is 38.1 Å². The van der Waals surface area contributed by atoms with Crippen molar-refractivity contribution in [1.29, 1.82) is 0 Å². The summed E-state index contributed by atoms with van der Waals surface area (Å²) in [5.74, 6) is -3.95. The highest BCUT2D eigenvalue weighted by atomic mass is 16.4. The molecular formula is C27H37N5O7. The number of benzene rings is 1. The minimum absolute atomic E-state index is 0.0104. The van der Waals surface area contributed by atoms with Crippen LogP contribution in [-0.2, 0) is 30.4 Å². The molecule has 1 saturated heterocycles. The number of nitrogens with one attached hydrogen (secondary N) is 3. The molecule has 12 nitrogen and oxygen atoms in total. The molecule has 0 bridgehead atoms. The van der Waals surface area contributed by atoms with Gasteiger partial charge in [-0.2, -0.15) is 0 Å². The van der Waals surface area contributed by atoms with Crippen molar-refractivity contribution in [2.45, 2.75) is 76.5 Å². The van der Waals surface area contributed by atoms with Crippen molar-refractivity contribution in [3.05, 3.63) is 36.0 Å². The maximum atomic E-state index is 13.6. The highest BCUT2D eigenvalue weighted by Gasteiger charge is 2.38. The molecule has 212 valence electrons. The number of carboxylic acid groups (broad SMARTS) is 2. The Bertz CT molecular complexity index is 1210. The summed E-state index contributed by atoms with van der Waals surface area (Å²) in [6.07, 6.45) is 2.58. The van der Waals surface area contributed by atoms with Gasteiger partial charge in [-0.05, 0) is 43.2 Å². The number of fused-ring (bicyclic) bond motifs is 1. The molecule has 0 saturated carbocycles. The van der Waals surface area contributed by atoms with E-state index >= 15 is 0 Å². The molecule has 2 heterocycles. The lowest BCUT2D eigenvalue weighted by Crippen LogP contribution is -2.57.